The second-order valence-corrected chi connectivity index (χ2v) is 4.87. The van der Waals surface area contributed by atoms with E-state index in [4.69, 9.17) is 10.8 Å². The van der Waals surface area contributed by atoms with Crippen LogP contribution in [0.5, 0.6) is 0 Å². The van der Waals surface area contributed by atoms with Gasteiger partial charge >= 0.3 is 0 Å². The number of nitrogens with zero attached hydrogens (tertiary/aromatic N) is 1. The molecule has 0 aromatic rings. The van der Waals surface area contributed by atoms with Gasteiger partial charge in [0.25, 0.3) is 0 Å². The molecule has 0 aliphatic carbocycles. The summed E-state index contributed by atoms with van der Waals surface area (Å²) in [4.78, 5) is 2.13. The highest BCUT2D eigenvalue weighted by Crippen LogP contribution is 2.25. The minimum Gasteiger partial charge on any atom is -0.395 e. The first-order chi connectivity index (χ1) is 5.80. The molecule has 3 N–H and O–H groups in total. The van der Waals surface area contributed by atoms with E-state index in [1.165, 1.54) is 0 Å². The molecule has 0 rings (SSSR count). The van der Waals surface area contributed by atoms with Crippen molar-refractivity contribution in [2.45, 2.75) is 39.8 Å². The van der Waals surface area contributed by atoms with Crippen molar-refractivity contribution in [1.82, 2.24) is 4.90 Å². The maximum atomic E-state index is 8.85. The summed E-state index contributed by atoms with van der Waals surface area (Å²) >= 11 is 0. The van der Waals surface area contributed by atoms with Gasteiger partial charge in [-0.05, 0) is 19.4 Å². The molecule has 0 fully saturated rings. The summed E-state index contributed by atoms with van der Waals surface area (Å²) in [5.41, 5.74) is 6.08. The summed E-state index contributed by atoms with van der Waals surface area (Å²) < 4.78 is 0. The summed E-state index contributed by atoms with van der Waals surface area (Å²) in [5, 5.41) is 8.85. The van der Waals surface area contributed by atoms with E-state index in [1.807, 2.05) is 14.0 Å². The van der Waals surface area contributed by atoms with E-state index >= 15 is 0 Å². The Balaban J connectivity index is 4.42. The van der Waals surface area contributed by atoms with Gasteiger partial charge in [-0.2, -0.15) is 0 Å². The fraction of sp³-hybridized carbons (Fsp3) is 1.00. The van der Waals surface area contributed by atoms with Gasteiger partial charge in [0.15, 0.2) is 0 Å². The molecular formula is C10H24N2O. The second kappa shape index (κ2) is 4.94. The number of hydrogen-bond acceptors (Lipinski definition) is 3. The van der Waals surface area contributed by atoms with Gasteiger partial charge in [-0.15, -0.1) is 0 Å². The predicted molar refractivity (Wildman–Crippen MR) is 56.6 cm³/mol. The Morgan fingerprint density at radius 2 is 1.85 bits per heavy atom. The molecule has 3 heteroatoms. The Kier molecular flexibility index (Phi) is 4.89. The van der Waals surface area contributed by atoms with Gasteiger partial charge in [0.2, 0.25) is 0 Å². The standard InChI is InChI=1S/C10H24N2O/c1-8(11)9(10(2,3)4)12(5)6-7-13/h8-9,13H,6-7,11H2,1-5H3. The van der Waals surface area contributed by atoms with Crippen LogP contribution < -0.4 is 5.73 Å². The third-order valence-corrected chi connectivity index (χ3v) is 2.31. The van der Waals surface area contributed by atoms with Crippen LogP contribution in [0.25, 0.3) is 0 Å². The maximum Gasteiger partial charge on any atom is 0.0558 e. The summed E-state index contributed by atoms with van der Waals surface area (Å²) in [7, 11) is 2.01. The molecule has 2 unspecified atom stereocenters. The third kappa shape index (κ3) is 4.07. The highest BCUT2D eigenvalue weighted by atomic mass is 16.3. The number of likely N-dealkylation sites (N-methyl/N-ethyl adjacent to an activating group) is 1. The molecule has 2 atom stereocenters. The quantitative estimate of drug-likeness (QED) is 0.682. The summed E-state index contributed by atoms with van der Waals surface area (Å²) in [6.07, 6.45) is 0. The molecule has 0 spiro atoms. The van der Waals surface area contributed by atoms with Crippen molar-refractivity contribution in [1.29, 1.82) is 0 Å². The average Bonchev–Trinajstić information content (AvgIpc) is 1.82. The SMILES string of the molecule is CC(N)C(N(C)CCO)C(C)(C)C. The van der Waals surface area contributed by atoms with Crippen molar-refractivity contribution >= 4 is 0 Å². The van der Waals surface area contributed by atoms with Crippen LogP contribution in [0.3, 0.4) is 0 Å². The predicted octanol–water partition coefficient (Wildman–Crippen LogP) is 0.672. The molecule has 0 saturated carbocycles. The largest absolute Gasteiger partial charge is 0.395 e. The van der Waals surface area contributed by atoms with Crippen molar-refractivity contribution in [3.63, 3.8) is 0 Å². The molecule has 0 aliphatic heterocycles. The van der Waals surface area contributed by atoms with E-state index in [1.54, 1.807) is 0 Å². The number of aliphatic hydroxyl groups is 1. The first kappa shape index (κ1) is 12.9. The second-order valence-electron chi connectivity index (χ2n) is 4.87. The van der Waals surface area contributed by atoms with Crippen LogP contribution in [-0.2, 0) is 0 Å². The fourth-order valence-corrected chi connectivity index (χ4v) is 2.15. The van der Waals surface area contributed by atoms with Crippen LogP contribution in [-0.4, -0.2) is 42.3 Å². The van der Waals surface area contributed by atoms with Gasteiger partial charge in [0.05, 0.1) is 6.61 Å². The van der Waals surface area contributed by atoms with Crippen molar-refractivity contribution in [2.24, 2.45) is 11.1 Å². The van der Waals surface area contributed by atoms with Gasteiger partial charge < -0.3 is 10.8 Å². The van der Waals surface area contributed by atoms with E-state index in [9.17, 15) is 0 Å². The van der Waals surface area contributed by atoms with Crippen LogP contribution in [0.4, 0.5) is 0 Å². The summed E-state index contributed by atoms with van der Waals surface area (Å²) in [6, 6.07) is 0.427. The number of nitrogens with two attached hydrogens (primary N) is 1. The molecule has 0 aromatic carbocycles. The Morgan fingerprint density at radius 1 is 1.38 bits per heavy atom. The zero-order valence-corrected chi connectivity index (χ0v) is 9.54. The lowest BCUT2D eigenvalue weighted by Gasteiger charge is -2.40. The Bertz CT molecular complexity index is 140. The highest BCUT2D eigenvalue weighted by Gasteiger charge is 2.30. The van der Waals surface area contributed by atoms with E-state index in [2.05, 4.69) is 25.7 Å². The lowest BCUT2D eigenvalue weighted by molar-refractivity contribution is 0.0882. The van der Waals surface area contributed by atoms with Gasteiger partial charge in [-0.3, -0.25) is 4.90 Å². The molecule has 13 heavy (non-hydrogen) atoms. The zero-order chi connectivity index (χ0) is 10.6. The number of hydrogen-bond donors (Lipinski definition) is 2. The molecule has 0 saturated heterocycles. The third-order valence-electron chi connectivity index (χ3n) is 2.31. The van der Waals surface area contributed by atoms with Crippen molar-refractivity contribution in [3.8, 4) is 0 Å². The number of aliphatic hydroxyl groups excluding tert-OH is 1. The van der Waals surface area contributed by atoms with Crippen LogP contribution in [0.2, 0.25) is 0 Å². The van der Waals surface area contributed by atoms with Gasteiger partial charge in [0, 0.05) is 18.6 Å². The van der Waals surface area contributed by atoms with Gasteiger partial charge in [-0.1, -0.05) is 20.8 Å². The molecule has 80 valence electrons. The van der Waals surface area contributed by atoms with E-state index in [0.29, 0.717) is 12.6 Å². The molecule has 0 radical (unpaired) electrons. The molecule has 0 amide bonds. The molecule has 0 aromatic heterocycles. The van der Waals surface area contributed by atoms with Crippen LogP contribution in [0, 0.1) is 5.41 Å². The monoisotopic (exact) mass is 188 g/mol. The number of rotatable bonds is 4. The Hall–Kier alpha value is -0.120. The van der Waals surface area contributed by atoms with Gasteiger partial charge in [0.1, 0.15) is 0 Å². The van der Waals surface area contributed by atoms with Crippen molar-refractivity contribution in [3.05, 3.63) is 0 Å². The molecule has 3 nitrogen and oxygen atoms in total. The lowest BCUT2D eigenvalue weighted by Crippen LogP contribution is -2.52. The summed E-state index contributed by atoms with van der Waals surface area (Å²) in [5.74, 6) is 0. The summed E-state index contributed by atoms with van der Waals surface area (Å²) in [6.45, 7) is 9.42. The van der Waals surface area contributed by atoms with E-state index in [0.717, 1.165) is 0 Å². The lowest BCUT2D eigenvalue weighted by atomic mass is 9.82. The van der Waals surface area contributed by atoms with Crippen molar-refractivity contribution < 1.29 is 5.11 Å². The maximum absolute atomic E-state index is 8.85. The fourth-order valence-electron chi connectivity index (χ4n) is 2.15. The van der Waals surface area contributed by atoms with Crippen LogP contribution in [0.15, 0.2) is 0 Å². The van der Waals surface area contributed by atoms with E-state index < -0.39 is 0 Å². The van der Waals surface area contributed by atoms with Crippen LogP contribution in [0.1, 0.15) is 27.7 Å². The first-order valence-corrected chi connectivity index (χ1v) is 4.87. The first-order valence-electron chi connectivity index (χ1n) is 4.87. The molecule has 0 heterocycles. The minimum atomic E-state index is 0.122. The molecule has 0 bridgehead atoms. The normalized spacial score (nSPS) is 17.5. The highest BCUT2D eigenvalue weighted by molar-refractivity contribution is 4.87. The molecular weight excluding hydrogens is 164 g/mol. The topological polar surface area (TPSA) is 49.5 Å². The Morgan fingerprint density at radius 3 is 2.08 bits per heavy atom. The zero-order valence-electron chi connectivity index (χ0n) is 9.54. The molecule has 0 aliphatic rings. The average molecular weight is 188 g/mol. The van der Waals surface area contributed by atoms with Gasteiger partial charge in [-0.25, -0.2) is 0 Å². The smallest absolute Gasteiger partial charge is 0.0558 e. The van der Waals surface area contributed by atoms with Crippen LogP contribution >= 0.6 is 0 Å². The van der Waals surface area contributed by atoms with E-state index in [-0.39, 0.29) is 18.1 Å². The van der Waals surface area contributed by atoms with Crippen molar-refractivity contribution in [2.75, 3.05) is 20.2 Å². The minimum absolute atomic E-state index is 0.122. The Labute approximate surface area is 81.9 Å².